The fourth-order valence-electron chi connectivity index (χ4n) is 8.56. The van der Waals surface area contributed by atoms with Gasteiger partial charge in [-0.15, -0.1) is 0 Å². The highest BCUT2D eigenvalue weighted by Gasteiger charge is 2.66. The number of phenols is 1. The van der Waals surface area contributed by atoms with Gasteiger partial charge in [0, 0.05) is 42.2 Å². The van der Waals surface area contributed by atoms with Crippen LogP contribution in [0, 0.1) is 23.7 Å². The lowest BCUT2D eigenvalue weighted by Gasteiger charge is -2.55. The lowest BCUT2D eigenvalue weighted by atomic mass is 9.44. The zero-order valence-electron chi connectivity index (χ0n) is 25.2. The minimum atomic E-state index is -1.43. The molecule has 4 aliphatic rings. The van der Waals surface area contributed by atoms with E-state index in [0.29, 0.717) is 40.2 Å². The number of benzene rings is 3. The van der Waals surface area contributed by atoms with Gasteiger partial charge in [0.05, 0.1) is 31.5 Å². The van der Waals surface area contributed by atoms with E-state index in [0.717, 1.165) is 5.57 Å². The molecule has 8 nitrogen and oxygen atoms in total. The van der Waals surface area contributed by atoms with Crippen LogP contribution in [0.4, 0.5) is 0 Å². The summed E-state index contributed by atoms with van der Waals surface area (Å²) in [6.07, 6.45) is 4.00. The van der Waals surface area contributed by atoms with Gasteiger partial charge in [-0.3, -0.25) is 24.1 Å². The number of ether oxygens (including phenoxy) is 2. The predicted octanol–water partition coefficient (Wildman–Crippen LogP) is 4.86. The van der Waals surface area contributed by atoms with E-state index in [1.165, 1.54) is 44.4 Å². The normalized spacial score (nSPS) is 29.0. The molecule has 3 aromatic rings. The third-order valence-electron chi connectivity index (χ3n) is 10.4. The lowest BCUT2D eigenvalue weighted by Crippen LogP contribution is -2.59. The van der Waals surface area contributed by atoms with Gasteiger partial charge in [0.2, 0.25) is 11.8 Å². The number of rotatable bonds is 5. The molecular formula is C37H33NO7. The van der Waals surface area contributed by atoms with E-state index < -0.39 is 35.0 Å². The Morgan fingerprint density at radius 3 is 2.09 bits per heavy atom. The molecule has 6 atom stereocenters. The van der Waals surface area contributed by atoms with Gasteiger partial charge in [-0.25, -0.2) is 0 Å². The maximum atomic E-state index is 15.1. The van der Waals surface area contributed by atoms with Crippen molar-refractivity contribution in [1.82, 2.24) is 4.90 Å². The van der Waals surface area contributed by atoms with Crippen LogP contribution in [0.1, 0.15) is 35.4 Å². The Morgan fingerprint density at radius 2 is 1.47 bits per heavy atom. The van der Waals surface area contributed by atoms with E-state index in [4.69, 9.17) is 9.47 Å². The summed E-state index contributed by atoms with van der Waals surface area (Å²) < 4.78 is 11.7. The number of likely N-dealkylation sites (tertiary alicyclic amines) is 1. The summed E-state index contributed by atoms with van der Waals surface area (Å²) in [5.74, 6) is -3.83. The highest BCUT2D eigenvalue weighted by molar-refractivity contribution is 6.31. The topological polar surface area (TPSA) is 110 Å². The van der Waals surface area contributed by atoms with Crippen molar-refractivity contribution < 1.29 is 33.8 Å². The van der Waals surface area contributed by atoms with Gasteiger partial charge in [-0.2, -0.15) is 0 Å². The number of carbonyl (C=O) groups excluding carboxylic acids is 4. The summed E-state index contributed by atoms with van der Waals surface area (Å²) >= 11 is 0. The quantitative estimate of drug-likeness (QED) is 0.328. The zero-order valence-corrected chi connectivity index (χ0v) is 25.2. The summed E-state index contributed by atoms with van der Waals surface area (Å²) in [6, 6.07) is 21.4. The molecule has 0 aromatic heterocycles. The SMILES string of the molecule is COc1cc(O)cc(OC)c1C1C2=CCC3C(=O)N(C)C(=O)C3C2CC2C(=O)C(c3ccccc3)=CC(=O)C21c1ccccc1. The number of aromatic hydroxyl groups is 1. The number of carbonyl (C=O) groups is 4. The molecule has 1 N–H and O–H groups in total. The number of hydrogen-bond acceptors (Lipinski definition) is 7. The Hall–Kier alpha value is -4.98. The fraction of sp³-hybridized carbons (Fsp3) is 0.297. The van der Waals surface area contributed by atoms with Crippen molar-refractivity contribution in [2.45, 2.75) is 24.2 Å². The van der Waals surface area contributed by atoms with E-state index >= 15 is 4.79 Å². The second-order valence-electron chi connectivity index (χ2n) is 12.3. The van der Waals surface area contributed by atoms with Crippen LogP contribution in [0.25, 0.3) is 5.57 Å². The molecule has 1 aliphatic heterocycles. The second-order valence-corrected chi connectivity index (χ2v) is 12.3. The maximum absolute atomic E-state index is 15.1. The third-order valence-corrected chi connectivity index (χ3v) is 10.4. The molecule has 228 valence electrons. The van der Waals surface area contributed by atoms with Crippen molar-refractivity contribution in [3.8, 4) is 17.2 Å². The molecule has 7 rings (SSSR count). The highest BCUT2D eigenvalue weighted by Crippen LogP contribution is 2.65. The average Bonchev–Trinajstić information content (AvgIpc) is 3.29. The summed E-state index contributed by atoms with van der Waals surface area (Å²) in [6.45, 7) is 0. The van der Waals surface area contributed by atoms with E-state index in [1.807, 2.05) is 66.7 Å². The maximum Gasteiger partial charge on any atom is 0.233 e. The molecule has 3 aliphatic carbocycles. The third kappa shape index (κ3) is 3.97. The van der Waals surface area contributed by atoms with Gasteiger partial charge in [-0.1, -0.05) is 72.3 Å². The molecule has 0 radical (unpaired) electrons. The molecular weight excluding hydrogens is 570 g/mol. The Bertz CT molecular complexity index is 1790. The van der Waals surface area contributed by atoms with Crippen LogP contribution < -0.4 is 9.47 Å². The lowest BCUT2D eigenvalue weighted by molar-refractivity contribution is -0.139. The van der Waals surface area contributed by atoms with Crippen molar-refractivity contribution in [2.75, 3.05) is 21.3 Å². The number of allylic oxidation sites excluding steroid dienone is 4. The summed E-state index contributed by atoms with van der Waals surface area (Å²) in [5, 5.41) is 10.6. The first-order valence-electron chi connectivity index (χ1n) is 15.1. The van der Waals surface area contributed by atoms with Gasteiger partial charge in [0.25, 0.3) is 0 Å². The molecule has 0 bridgehead atoms. The second kappa shape index (κ2) is 10.6. The Morgan fingerprint density at radius 1 is 0.844 bits per heavy atom. The Labute approximate surface area is 261 Å². The van der Waals surface area contributed by atoms with Gasteiger partial charge >= 0.3 is 0 Å². The van der Waals surface area contributed by atoms with Crippen LogP contribution in [0.15, 0.2) is 90.5 Å². The molecule has 0 spiro atoms. The van der Waals surface area contributed by atoms with Crippen molar-refractivity contribution in [3.05, 3.63) is 107 Å². The first-order chi connectivity index (χ1) is 21.7. The molecule has 8 heteroatoms. The molecule has 1 heterocycles. The summed E-state index contributed by atoms with van der Waals surface area (Å²) in [5.41, 5.74) is 1.50. The predicted molar refractivity (Wildman–Crippen MR) is 166 cm³/mol. The van der Waals surface area contributed by atoms with Crippen LogP contribution in [-0.4, -0.2) is 54.7 Å². The number of hydrogen-bond donors (Lipinski definition) is 1. The van der Waals surface area contributed by atoms with Crippen molar-refractivity contribution in [1.29, 1.82) is 0 Å². The number of Topliss-reactive ketones (excluding diaryl/α,β-unsaturated/α-hetero) is 1. The largest absolute Gasteiger partial charge is 0.508 e. The zero-order chi connectivity index (χ0) is 31.6. The molecule has 6 unspecified atom stereocenters. The van der Waals surface area contributed by atoms with E-state index in [-0.39, 0.29) is 35.6 Å². The van der Waals surface area contributed by atoms with Gasteiger partial charge in [0.1, 0.15) is 17.2 Å². The van der Waals surface area contributed by atoms with Crippen molar-refractivity contribution >= 4 is 29.0 Å². The van der Waals surface area contributed by atoms with Crippen LogP contribution in [0.2, 0.25) is 0 Å². The van der Waals surface area contributed by atoms with Gasteiger partial charge in [-0.05, 0) is 36.0 Å². The van der Waals surface area contributed by atoms with Gasteiger partial charge < -0.3 is 14.6 Å². The van der Waals surface area contributed by atoms with Crippen LogP contribution in [0.3, 0.4) is 0 Å². The van der Waals surface area contributed by atoms with Crippen LogP contribution in [0.5, 0.6) is 17.2 Å². The van der Waals surface area contributed by atoms with Gasteiger partial charge in [0.15, 0.2) is 11.6 Å². The summed E-state index contributed by atoms with van der Waals surface area (Å²) in [4.78, 5) is 58.1. The average molecular weight is 604 g/mol. The number of amides is 2. The first-order valence-corrected chi connectivity index (χ1v) is 15.1. The number of fused-ring (bicyclic) bond motifs is 4. The Balaban J connectivity index is 1.58. The number of nitrogens with zero attached hydrogens (tertiary/aromatic N) is 1. The minimum absolute atomic E-state index is 0.0849. The minimum Gasteiger partial charge on any atom is -0.508 e. The van der Waals surface area contributed by atoms with Crippen molar-refractivity contribution in [2.24, 2.45) is 23.7 Å². The fourth-order valence-corrected chi connectivity index (χ4v) is 8.56. The smallest absolute Gasteiger partial charge is 0.233 e. The molecule has 1 saturated carbocycles. The first kappa shape index (κ1) is 28.8. The molecule has 1 saturated heterocycles. The van der Waals surface area contributed by atoms with Crippen molar-refractivity contribution in [3.63, 3.8) is 0 Å². The summed E-state index contributed by atoms with van der Waals surface area (Å²) in [7, 11) is 4.46. The number of phenolic OH excluding ortho intramolecular Hbond substituents is 1. The highest BCUT2D eigenvalue weighted by atomic mass is 16.5. The van der Waals surface area contributed by atoms with E-state index in [2.05, 4.69) is 0 Å². The van der Waals surface area contributed by atoms with E-state index in [9.17, 15) is 19.5 Å². The molecule has 2 fully saturated rings. The number of methoxy groups -OCH3 is 2. The molecule has 3 aromatic carbocycles. The molecule has 45 heavy (non-hydrogen) atoms. The molecule has 2 amide bonds. The van der Waals surface area contributed by atoms with E-state index in [1.54, 1.807) is 0 Å². The Kier molecular flexibility index (Phi) is 6.76. The van der Waals surface area contributed by atoms with Crippen LogP contribution in [-0.2, 0) is 24.6 Å². The number of ketones is 2. The van der Waals surface area contributed by atoms with Crippen LogP contribution >= 0.6 is 0 Å². The monoisotopic (exact) mass is 603 g/mol. The standard InChI is InChI=1S/C37H33NO7/c1-38-35(42)24-15-14-23-26(31(24)36(38)43)18-27-34(41)25(20-10-6-4-7-11-20)19-30(40)37(27,21-12-8-5-9-13-21)33(23)32-28(44-2)16-22(39)17-29(32)45-3/h4-14,16-17,19,24,26-27,31,33,39H,15,18H2,1-3H3. The number of imide groups is 1.